The third kappa shape index (κ3) is 10.3. The molecule has 16 heteroatoms. The summed E-state index contributed by atoms with van der Waals surface area (Å²) >= 11 is 0. The molecule has 4 saturated heterocycles. The Labute approximate surface area is 319 Å². The molecule has 7 atom stereocenters. The van der Waals surface area contributed by atoms with E-state index in [2.05, 4.69) is 16.0 Å². The number of rotatable bonds is 9. The Balaban J connectivity index is 1.47. The Morgan fingerprint density at radius 1 is 0.909 bits per heavy atom. The zero-order valence-corrected chi connectivity index (χ0v) is 31.7. The lowest BCUT2D eigenvalue weighted by Gasteiger charge is -2.39. The second-order valence-corrected chi connectivity index (χ2v) is 15.1. The van der Waals surface area contributed by atoms with E-state index < -0.39 is 95.9 Å². The lowest BCUT2D eigenvalue weighted by molar-refractivity contribution is -0.158. The average molecular weight is 771 g/mol. The van der Waals surface area contributed by atoms with Gasteiger partial charge in [0, 0.05) is 32.1 Å². The number of nitrogens with zero attached hydrogens (tertiary/aromatic N) is 3. The van der Waals surface area contributed by atoms with Gasteiger partial charge in [-0.15, -0.1) is 0 Å². The molecule has 4 aliphatic rings. The number of halogens is 2. The number of unbranched alkanes of at least 4 members (excludes halogenated alkanes) is 2. The highest BCUT2D eigenvalue weighted by Gasteiger charge is 2.46. The van der Waals surface area contributed by atoms with E-state index in [4.69, 9.17) is 4.74 Å². The molecule has 14 nitrogen and oxygen atoms in total. The predicted octanol–water partition coefficient (Wildman–Crippen LogP) is 1.89. The first-order valence-electron chi connectivity index (χ1n) is 19.4. The van der Waals surface area contributed by atoms with Crippen molar-refractivity contribution >= 4 is 41.4 Å². The quantitative estimate of drug-likeness (QED) is 0.194. The summed E-state index contributed by atoms with van der Waals surface area (Å²) in [6.45, 7) is 5.35. The molecule has 0 saturated carbocycles. The fourth-order valence-corrected chi connectivity index (χ4v) is 7.89. The highest BCUT2D eigenvalue weighted by atomic mass is 19.1. The minimum atomic E-state index is -1.55. The number of benzene rings is 1. The van der Waals surface area contributed by atoms with Crippen molar-refractivity contribution in [3.63, 3.8) is 0 Å². The zero-order valence-electron chi connectivity index (χ0n) is 31.7. The molecule has 1 aromatic rings. The molecule has 0 bridgehead atoms. The number of hydrogen-bond acceptors (Lipinski definition) is 8. The lowest BCUT2D eigenvalue weighted by atomic mass is 9.99. The van der Waals surface area contributed by atoms with Gasteiger partial charge in [-0.3, -0.25) is 28.8 Å². The number of nitrogens with one attached hydrogen (secondary N) is 3. The van der Waals surface area contributed by atoms with Crippen molar-refractivity contribution < 1.29 is 47.1 Å². The molecule has 0 spiro atoms. The average Bonchev–Trinajstić information content (AvgIpc) is 3.80. The van der Waals surface area contributed by atoms with Crippen molar-refractivity contribution in [3.05, 3.63) is 47.5 Å². The molecule has 0 aromatic heterocycles. The van der Waals surface area contributed by atoms with E-state index in [-0.39, 0.29) is 50.4 Å². The summed E-state index contributed by atoms with van der Waals surface area (Å²) in [6, 6.07) is -4.14. The number of fused-ring (bicyclic) bond motifs is 3. The SMILES string of the molecule is CCCCC=CC(=O)N[C@@H](Cc1cc(F)cc(F)c1)C(=O)N[C@H]1COC(=O)[C@@H]2C[C@@H](C)CN2C(=O)[C@H](C)NC(=O)[C@@H]2CCCCN2C(=O)[C@@H]2CCCN2C1=O. The third-order valence-electron chi connectivity index (χ3n) is 10.7. The molecule has 4 heterocycles. The fraction of sp³-hybridized carbons (Fsp3) is 0.615. The minimum Gasteiger partial charge on any atom is -0.461 e. The monoisotopic (exact) mass is 770 g/mol. The summed E-state index contributed by atoms with van der Waals surface area (Å²) in [5.74, 6) is -6.41. The van der Waals surface area contributed by atoms with Crippen LogP contribution in [0.25, 0.3) is 0 Å². The molecule has 4 aliphatic heterocycles. The molecule has 5 rings (SSSR count). The van der Waals surface area contributed by atoms with Gasteiger partial charge in [-0.25, -0.2) is 13.6 Å². The molecule has 6 amide bonds. The summed E-state index contributed by atoms with van der Waals surface area (Å²) in [6.07, 6.45) is 7.56. The lowest BCUT2D eigenvalue weighted by Crippen LogP contribution is -2.62. The van der Waals surface area contributed by atoms with Crippen LogP contribution in [0.2, 0.25) is 0 Å². The van der Waals surface area contributed by atoms with Crippen molar-refractivity contribution in [1.29, 1.82) is 0 Å². The van der Waals surface area contributed by atoms with Gasteiger partial charge in [-0.05, 0) is 81.6 Å². The maximum atomic E-state index is 14.4. The van der Waals surface area contributed by atoms with Crippen LogP contribution in [0.5, 0.6) is 0 Å². The molecule has 300 valence electrons. The van der Waals surface area contributed by atoms with E-state index in [1.807, 2.05) is 13.8 Å². The fourth-order valence-electron chi connectivity index (χ4n) is 7.89. The van der Waals surface area contributed by atoms with Crippen molar-refractivity contribution in [2.24, 2.45) is 5.92 Å². The highest BCUT2D eigenvalue weighted by Crippen LogP contribution is 2.28. The second-order valence-electron chi connectivity index (χ2n) is 15.1. The van der Waals surface area contributed by atoms with Gasteiger partial charge in [-0.1, -0.05) is 32.8 Å². The number of cyclic esters (lactones) is 1. The maximum absolute atomic E-state index is 14.4. The molecule has 0 aliphatic carbocycles. The molecular weight excluding hydrogens is 718 g/mol. The van der Waals surface area contributed by atoms with Crippen molar-refractivity contribution in [2.45, 2.75) is 121 Å². The van der Waals surface area contributed by atoms with Crippen LogP contribution in [0, 0.1) is 17.6 Å². The Kier molecular flexibility index (Phi) is 14.0. The van der Waals surface area contributed by atoms with Gasteiger partial charge in [0.25, 0.3) is 0 Å². The van der Waals surface area contributed by atoms with E-state index in [1.54, 1.807) is 6.08 Å². The topological polar surface area (TPSA) is 175 Å². The highest BCUT2D eigenvalue weighted by molar-refractivity contribution is 5.98. The van der Waals surface area contributed by atoms with Crippen molar-refractivity contribution in [1.82, 2.24) is 30.7 Å². The molecule has 3 N–H and O–H groups in total. The van der Waals surface area contributed by atoms with E-state index in [1.165, 1.54) is 27.7 Å². The minimum absolute atomic E-state index is 0.0586. The van der Waals surface area contributed by atoms with Gasteiger partial charge in [0.05, 0.1) is 0 Å². The Hall–Kier alpha value is -4.89. The number of allylic oxidation sites excluding steroid dienone is 1. The van der Waals surface area contributed by atoms with Crippen LogP contribution >= 0.6 is 0 Å². The van der Waals surface area contributed by atoms with Gasteiger partial charge in [-0.2, -0.15) is 0 Å². The first-order valence-corrected chi connectivity index (χ1v) is 19.4. The van der Waals surface area contributed by atoms with Gasteiger partial charge in [0.2, 0.25) is 35.4 Å². The van der Waals surface area contributed by atoms with E-state index >= 15 is 0 Å². The standard InChI is InChI=1S/C39H52F2N6O8/c1-4-5-6-7-13-33(48)43-28(19-25-17-26(40)20-27(41)18-25)34(49)44-29-22-55-39(54)32-16-23(2)21-47(32)36(51)24(3)42-35(50)30-11-8-9-14-45(30)38(53)31-12-10-15-46(31)37(29)52/h7,13,17-18,20,23-24,28-32H,4-6,8-12,14-16,19,21-22H2,1-3H3,(H,42,50)(H,43,48)(H,44,49)/t23-,24+,28+,29+,30+,31+,32+/m1/s1. The number of carbonyl (C=O) groups excluding carboxylic acids is 7. The smallest absolute Gasteiger partial charge is 0.328 e. The van der Waals surface area contributed by atoms with Crippen LogP contribution in [-0.4, -0.2) is 119 Å². The molecule has 0 radical (unpaired) electrons. The van der Waals surface area contributed by atoms with E-state index in [9.17, 15) is 42.3 Å². The Bertz CT molecular complexity index is 1650. The largest absolute Gasteiger partial charge is 0.461 e. The number of hydrogen-bond donors (Lipinski definition) is 3. The number of amides is 6. The van der Waals surface area contributed by atoms with Crippen LogP contribution in [0.1, 0.15) is 84.1 Å². The normalized spacial score (nSPS) is 27.3. The van der Waals surface area contributed by atoms with Gasteiger partial charge in [0.1, 0.15) is 54.5 Å². The van der Waals surface area contributed by atoms with Crippen LogP contribution < -0.4 is 16.0 Å². The van der Waals surface area contributed by atoms with Crippen LogP contribution in [0.4, 0.5) is 8.78 Å². The van der Waals surface area contributed by atoms with Gasteiger partial charge >= 0.3 is 5.97 Å². The van der Waals surface area contributed by atoms with Gasteiger partial charge in [0.15, 0.2) is 0 Å². The summed E-state index contributed by atoms with van der Waals surface area (Å²) in [7, 11) is 0. The predicted molar refractivity (Wildman–Crippen MR) is 195 cm³/mol. The zero-order chi connectivity index (χ0) is 39.8. The summed E-state index contributed by atoms with van der Waals surface area (Å²) in [5, 5.41) is 7.92. The van der Waals surface area contributed by atoms with Crippen molar-refractivity contribution in [3.8, 4) is 0 Å². The molecule has 0 unspecified atom stereocenters. The summed E-state index contributed by atoms with van der Waals surface area (Å²) in [5.41, 5.74) is 0.0586. The molecule has 55 heavy (non-hydrogen) atoms. The Morgan fingerprint density at radius 3 is 2.33 bits per heavy atom. The first kappa shape index (κ1) is 41.3. The maximum Gasteiger partial charge on any atom is 0.328 e. The summed E-state index contributed by atoms with van der Waals surface area (Å²) in [4.78, 5) is 101. The summed E-state index contributed by atoms with van der Waals surface area (Å²) < 4.78 is 34.0. The number of piperidine rings is 1. The first-order chi connectivity index (χ1) is 26.3. The van der Waals surface area contributed by atoms with Crippen LogP contribution in [0.15, 0.2) is 30.4 Å². The third-order valence-corrected chi connectivity index (χ3v) is 10.7. The number of carbonyl (C=O) groups is 7. The van der Waals surface area contributed by atoms with E-state index in [0.717, 1.165) is 25.0 Å². The van der Waals surface area contributed by atoms with E-state index in [0.29, 0.717) is 38.2 Å². The number of ether oxygens (including phenoxy) is 1. The van der Waals surface area contributed by atoms with Crippen LogP contribution in [0.3, 0.4) is 0 Å². The van der Waals surface area contributed by atoms with Crippen molar-refractivity contribution in [2.75, 3.05) is 26.2 Å². The second kappa shape index (κ2) is 18.6. The van der Waals surface area contributed by atoms with Crippen LogP contribution in [-0.2, 0) is 44.7 Å². The molecule has 1 aromatic carbocycles. The molecular formula is C39H52F2N6O8. The van der Waals surface area contributed by atoms with Gasteiger partial charge < -0.3 is 35.4 Å². The Morgan fingerprint density at radius 2 is 1.60 bits per heavy atom. The number of esters is 1. The molecule has 4 fully saturated rings.